The van der Waals surface area contributed by atoms with Crippen molar-refractivity contribution in [2.24, 2.45) is 5.73 Å². The van der Waals surface area contributed by atoms with Crippen molar-refractivity contribution in [3.8, 4) is 11.8 Å². The van der Waals surface area contributed by atoms with Crippen molar-refractivity contribution in [1.82, 2.24) is 9.78 Å². The van der Waals surface area contributed by atoms with Crippen molar-refractivity contribution < 1.29 is 4.79 Å². The molecule has 3 N–H and O–H groups in total. The molecule has 5 rings (SSSR count). The Morgan fingerprint density at radius 2 is 1.87 bits per heavy atom. The highest BCUT2D eigenvalue weighted by molar-refractivity contribution is 6.15. The number of rotatable bonds is 2. The summed E-state index contributed by atoms with van der Waals surface area (Å²) in [6.07, 6.45) is 0. The monoisotopic (exact) mass is 410 g/mol. The number of para-hydroxylation sites is 1. The molecule has 2 aromatic carbocycles. The van der Waals surface area contributed by atoms with Crippen molar-refractivity contribution in [2.45, 2.75) is 26.2 Å². The summed E-state index contributed by atoms with van der Waals surface area (Å²) >= 11 is 0. The number of carbonyl (C=O) groups is 1. The fourth-order valence-electron chi connectivity index (χ4n) is 4.88. The van der Waals surface area contributed by atoms with Gasteiger partial charge in [-0.3, -0.25) is 4.79 Å². The van der Waals surface area contributed by atoms with Crippen LogP contribution in [0.2, 0.25) is 0 Å². The Labute approximate surface area is 180 Å². The van der Waals surface area contributed by atoms with E-state index in [0.717, 1.165) is 22.5 Å². The normalized spacial score (nSPS) is 19.3. The number of nitrogens with zero attached hydrogens (tertiary/aromatic N) is 4. The number of nitrogens with one attached hydrogen (secondary N) is 1. The third-order valence-electron chi connectivity index (χ3n) is 6.20. The van der Waals surface area contributed by atoms with Gasteiger partial charge in [0.05, 0.1) is 17.0 Å². The Bertz CT molecular complexity index is 1310. The fraction of sp³-hybridized carbons (Fsp3) is 0.208. The Kier molecular flexibility index (Phi) is 3.96. The highest BCUT2D eigenvalue weighted by Gasteiger charge is 2.59. The first-order valence-corrected chi connectivity index (χ1v) is 10.2. The van der Waals surface area contributed by atoms with Crippen LogP contribution in [0.15, 0.2) is 59.9 Å². The predicted octanol–water partition coefficient (Wildman–Crippen LogP) is 3.26. The molecule has 1 spiro atoms. The average Bonchev–Trinajstić information content (AvgIpc) is 3.21. The van der Waals surface area contributed by atoms with E-state index < -0.39 is 5.41 Å². The minimum Gasteiger partial charge on any atom is -0.384 e. The fourth-order valence-corrected chi connectivity index (χ4v) is 4.88. The number of aromatic nitrogens is 2. The number of hydrogen-bond acceptors (Lipinski definition) is 5. The lowest BCUT2D eigenvalue weighted by molar-refractivity contribution is -0.120. The quantitative estimate of drug-likeness (QED) is 0.675. The highest BCUT2D eigenvalue weighted by atomic mass is 16.2. The summed E-state index contributed by atoms with van der Waals surface area (Å²) in [4.78, 5) is 15.7. The summed E-state index contributed by atoms with van der Waals surface area (Å²) in [7, 11) is 0. The standard InChI is InChI=1S/C24H22N6O/c1-4-29-19-8-6-5-7-17(19)24(23(29)31)18(13-25)21(26)27-22-20(24)15(3)28-30(22)16-11-9-14(2)10-12-16/h5-12,27H,4,26H2,1-3H3. The zero-order valence-electron chi connectivity index (χ0n) is 17.6. The Balaban J connectivity index is 1.88. The van der Waals surface area contributed by atoms with Crippen LogP contribution in [0.3, 0.4) is 0 Å². The number of likely N-dealkylation sites (N-methyl/N-ethyl adjacent to an activating group) is 1. The van der Waals surface area contributed by atoms with Gasteiger partial charge in [-0.15, -0.1) is 0 Å². The van der Waals surface area contributed by atoms with E-state index in [-0.39, 0.29) is 17.3 Å². The van der Waals surface area contributed by atoms with Gasteiger partial charge in [0.15, 0.2) is 0 Å². The van der Waals surface area contributed by atoms with Crippen LogP contribution in [-0.4, -0.2) is 22.2 Å². The molecular weight excluding hydrogens is 388 g/mol. The summed E-state index contributed by atoms with van der Waals surface area (Å²) in [5.74, 6) is 0.605. The number of carbonyl (C=O) groups excluding carboxylic acids is 1. The van der Waals surface area contributed by atoms with Crippen LogP contribution < -0.4 is 16.0 Å². The van der Waals surface area contributed by atoms with Gasteiger partial charge in [-0.05, 0) is 39.0 Å². The second-order valence-corrected chi connectivity index (χ2v) is 7.90. The van der Waals surface area contributed by atoms with Gasteiger partial charge in [-0.25, -0.2) is 4.68 Å². The number of anilines is 2. The summed E-state index contributed by atoms with van der Waals surface area (Å²) < 4.78 is 1.76. The SMILES string of the molecule is CCN1C(=O)C2(C(C#N)=C(N)Nc3c2c(C)nn3-c2ccc(C)cc2)c2ccccc21. The molecule has 3 heterocycles. The molecule has 0 fully saturated rings. The highest BCUT2D eigenvalue weighted by Crippen LogP contribution is 2.55. The maximum atomic E-state index is 14.0. The topological polar surface area (TPSA) is 100.0 Å². The van der Waals surface area contributed by atoms with Crippen molar-refractivity contribution in [2.75, 3.05) is 16.8 Å². The summed E-state index contributed by atoms with van der Waals surface area (Å²) in [6, 6.07) is 17.8. The van der Waals surface area contributed by atoms with Gasteiger partial charge in [-0.1, -0.05) is 35.9 Å². The second kappa shape index (κ2) is 6.47. The molecule has 2 aliphatic heterocycles. The molecule has 7 heteroatoms. The number of nitriles is 1. The summed E-state index contributed by atoms with van der Waals surface area (Å²) in [6.45, 7) is 6.31. The van der Waals surface area contributed by atoms with Gasteiger partial charge in [0.1, 0.15) is 23.1 Å². The maximum absolute atomic E-state index is 14.0. The summed E-state index contributed by atoms with van der Waals surface area (Å²) in [5, 5.41) is 18.1. The third-order valence-corrected chi connectivity index (χ3v) is 6.20. The van der Waals surface area contributed by atoms with E-state index in [2.05, 4.69) is 11.4 Å². The molecule has 0 radical (unpaired) electrons. The first kappa shape index (κ1) is 18.9. The lowest BCUT2D eigenvalue weighted by Gasteiger charge is -2.34. The van der Waals surface area contributed by atoms with E-state index >= 15 is 0 Å². The van der Waals surface area contributed by atoms with Crippen molar-refractivity contribution in [3.63, 3.8) is 0 Å². The number of benzene rings is 2. The van der Waals surface area contributed by atoms with Crippen molar-refractivity contribution in [1.29, 1.82) is 5.26 Å². The molecule has 0 saturated carbocycles. The second-order valence-electron chi connectivity index (χ2n) is 7.90. The van der Waals surface area contributed by atoms with Gasteiger partial charge in [0.2, 0.25) is 5.91 Å². The molecule has 0 bridgehead atoms. The van der Waals surface area contributed by atoms with Crippen LogP contribution >= 0.6 is 0 Å². The number of fused-ring (bicyclic) bond motifs is 4. The Hall–Kier alpha value is -4.05. The van der Waals surface area contributed by atoms with Crippen molar-refractivity contribution in [3.05, 3.63) is 82.3 Å². The van der Waals surface area contributed by atoms with E-state index in [1.807, 2.05) is 69.3 Å². The molecular formula is C24H22N6O. The molecule has 0 saturated heterocycles. The molecule has 0 aliphatic carbocycles. The third kappa shape index (κ3) is 2.27. The number of nitrogens with two attached hydrogens (primary N) is 1. The first-order chi connectivity index (χ1) is 14.9. The van der Waals surface area contributed by atoms with E-state index in [4.69, 9.17) is 10.8 Å². The van der Waals surface area contributed by atoms with Gasteiger partial charge >= 0.3 is 0 Å². The zero-order chi connectivity index (χ0) is 21.9. The Morgan fingerprint density at radius 1 is 1.16 bits per heavy atom. The number of aryl methyl sites for hydroxylation is 2. The molecule has 3 aromatic rings. The smallest absolute Gasteiger partial charge is 0.247 e. The Morgan fingerprint density at radius 3 is 2.55 bits per heavy atom. The molecule has 1 aromatic heterocycles. The molecule has 2 aliphatic rings. The van der Waals surface area contributed by atoms with Crippen LogP contribution in [0.4, 0.5) is 11.5 Å². The zero-order valence-corrected chi connectivity index (χ0v) is 17.6. The number of amides is 1. The van der Waals surface area contributed by atoms with E-state index in [1.165, 1.54) is 0 Å². The summed E-state index contributed by atoms with van der Waals surface area (Å²) in [5.41, 5.74) is 10.1. The molecule has 154 valence electrons. The van der Waals surface area contributed by atoms with Gasteiger partial charge in [-0.2, -0.15) is 10.4 Å². The minimum absolute atomic E-state index is 0.171. The van der Waals surface area contributed by atoms with E-state index in [1.54, 1.807) is 9.58 Å². The van der Waals surface area contributed by atoms with Crippen LogP contribution in [0.25, 0.3) is 5.69 Å². The van der Waals surface area contributed by atoms with Crippen LogP contribution in [-0.2, 0) is 10.2 Å². The van der Waals surface area contributed by atoms with Crippen LogP contribution in [0, 0.1) is 25.2 Å². The minimum atomic E-state index is -1.32. The van der Waals surface area contributed by atoms with E-state index in [0.29, 0.717) is 23.6 Å². The predicted molar refractivity (Wildman–Crippen MR) is 119 cm³/mol. The van der Waals surface area contributed by atoms with Crippen LogP contribution in [0.1, 0.15) is 29.3 Å². The lowest BCUT2D eigenvalue weighted by atomic mass is 9.68. The van der Waals surface area contributed by atoms with Gasteiger partial charge in [0.25, 0.3) is 0 Å². The molecule has 7 nitrogen and oxygen atoms in total. The van der Waals surface area contributed by atoms with Gasteiger partial charge < -0.3 is 16.0 Å². The van der Waals surface area contributed by atoms with Crippen LogP contribution in [0.5, 0.6) is 0 Å². The molecule has 1 amide bonds. The largest absolute Gasteiger partial charge is 0.384 e. The lowest BCUT2D eigenvalue weighted by Crippen LogP contribution is -2.46. The molecule has 31 heavy (non-hydrogen) atoms. The average molecular weight is 410 g/mol. The van der Waals surface area contributed by atoms with Gasteiger partial charge in [0, 0.05) is 23.4 Å². The van der Waals surface area contributed by atoms with E-state index in [9.17, 15) is 10.1 Å². The number of hydrogen-bond donors (Lipinski definition) is 2. The van der Waals surface area contributed by atoms with Crippen molar-refractivity contribution >= 4 is 17.4 Å². The molecule has 1 unspecified atom stereocenters. The maximum Gasteiger partial charge on any atom is 0.247 e. The molecule has 1 atom stereocenters. The first-order valence-electron chi connectivity index (χ1n) is 10.2.